The van der Waals surface area contributed by atoms with Crippen molar-refractivity contribution in [3.05, 3.63) is 35.6 Å². The monoisotopic (exact) mass is 435 g/mol. The number of guanidine groups is 1. The largest absolute Gasteiger partial charge is 0.381 e. The first kappa shape index (κ1) is 20.2. The van der Waals surface area contributed by atoms with Gasteiger partial charge in [-0.2, -0.15) is 0 Å². The lowest BCUT2D eigenvalue weighted by Gasteiger charge is -2.24. The van der Waals surface area contributed by atoms with E-state index < -0.39 is 0 Å². The summed E-state index contributed by atoms with van der Waals surface area (Å²) in [5.74, 6) is 1.33. The molecule has 1 aliphatic heterocycles. The zero-order chi connectivity index (χ0) is 15.8. The van der Waals surface area contributed by atoms with Crippen molar-refractivity contribution in [1.29, 1.82) is 0 Å². The molecule has 0 spiro atoms. The van der Waals surface area contributed by atoms with Gasteiger partial charge in [-0.15, -0.1) is 24.0 Å². The second kappa shape index (κ2) is 10.8. The fourth-order valence-corrected chi connectivity index (χ4v) is 2.77. The molecule has 0 aliphatic carbocycles. The number of benzene rings is 1. The quantitative estimate of drug-likeness (QED) is 0.323. The Hall–Kier alpha value is -0.890. The van der Waals surface area contributed by atoms with Crippen LogP contribution in [0.5, 0.6) is 0 Å². The smallest absolute Gasteiger partial charge is 0.193 e. The lowest BCUT2D eigenvalue weighted by molar-refractivity contribution is 0.181. The van der Waals surface area contributed by atoms with Gasteiger partial charge >= 0.3 is 0 Å². The number of rotatable bonds is 6. The maximum Gasteiger partial charge on any atom is 0.193 e. The fraction of sp³-hybridized carbons (Fsp3) is 0.588. The molecule has 1 saturated heterocycles. The number of hydrogen-bond donors (Lipinski definition) is 1. The van der Waals surface area contributed by atoms with E-state index in [0.29, 0.717) is 5.92 Å². The van der Waals surface area contributed by atoms with Crippen molar-refractivity contribution in [3.8, 4) is 0 Å². The molecular weight excluding hydrogens is 408 g/mol. The minimum Gasteiger partial charge on any atom is -0.381 e. The van der Waals surface area contributed by atoms with Crippen LogP contribution in [0, 0.1) is 11.7 Å². The third-order valence-electron chi connectivity index (χ3n) is 3.94. The number of nitrogens with one attached hydrogen (secondary N) is 1. The number of aliphatic imine (C=N–C) groups is 1. The second-order valence-corrected chi connectivity index (χ2v) is 5.82. The van der Waals surface area contributed by atoms with E-state index in [0.717, 1.165) is 57.1 Å². The third-order valence-corrected chi connectivity index (χ3v) is 3.94. The highest BCUT2D eigenvalue weighted by Gasteiger charge is 2.18. The van der Waals surface area contributed by atoms with Crippen LogP contribution in [0.4, 0.5) is 4.39 Å². The molecule has 2 rings (SSSR count). The van der Waals surface area contributed by atoms with E-state index in [4.69, 9.17) is 4.74 Å². The van der Waals surface area contributed by atoms with Gasteiger partial charge in [0.05, 0.1) is 6.61 Å². The van der Waals surface area contributed by atoms with Gasteiger partial charge in [-0.1, -0.05) is 12.1 Å². The van der Waals surface area contributed by atoms with Gasteiger partial charge in [-0.25, -0.2) is 4.39 Å². The molecule has 23 heavy (non-hydrogen) atoms. The van der Waals surface area contributed by atoms with E-state index in [2.05, 4.69) is 22.3 Å². The molecule has 4 nitrogen and oxygen atoms in total. The summed E-state index contributed by atoms with van der Waals surface area (Å²) in [6.45, 7) is 3.51. The average Bonchev–Trinajstić information content (AvgIpc) is 3.00. The SMILES string of the molecule is CN=C(NCCCc1cccc(F)c1)N(C)CC1CCOC1.I. The van der Waals surface area contributed by atoms with Crippen molar-refractivity contribution in [2.75, 3.05) is 40.4 Å². The number of hydrogen-bond acceptors (Lipinski definition) is 2. The van der Waals surface area contributed by atoms with E-state index in [1.54, 1.807) is 19.2 Å². The van der Waals surface area contributed by atoms with Crippen LogP contribution in [0.3, 0.4) is 0 Å². The summed E-state index contributed by atoms with van der Waals surface area (Å²) in [6, 6.07) is 6.80. The standard InChI is InChI=1S/C17H26FN3O.HI/c1-19-17(21(2)12-15-8-10-22-13-15)20-9-4-6-14-5-3-7-16(18)11-14;/h3,5,7,11,15H,4,6,8-10,12-13H2,1-2H3,(H,19,20);1H. The predicted molar refractivity (Wildman–Crippen MR) is 103 cm³/mol. The number of ether oxygens (including phenoxy) is 1. The van der Waals surface area contributed by atoms with Crippen LogP contribution in [-0.4, -0.2) is 51.3 Å². The minimum atomic E-state index is -0.167. The van der Waals surface area contributed by atoms with Gasteiger partial charge in [0, 0.05) is 39.7 Å². The Morgan fingerprint density at radius 1 is 1.48 bits per heavy atom. The fourth-order valence-electron chi connectivity index (χ4n) is 2.77. The zero-order valence-electron chi connectivity index (χ0n) is 13.9. The molecule has 0 radical (unpaired) electrons. The number of aryl methyl sites for hydroxylation is 1. The van der Waals surface area contributed by atoms with E-state index in [9.17, 15) is 4.39 Å². The molecule has 1 heterocycles. The Kier molecular flexibility index (Phi) is 9.47. The lowest BCUT2D eigenvalue weighted by Crippen LogP contribution is -2.41. The lowest BCUT2D eigenvalue weighted by atomic mass is 10.1. The van der Waals surface area contributed by atoms with Gasteiger partial charge in [-0.3, -0.25) is 4.99 Å². The van der Waals surface area contributed by atoms with E-state index >= 15 is 0 Å². The first-order chi connectivity index (χ1) is 10.7. The topological polar surface area (TPSA) is 36.9 Å². The van der Waals surface area contributed by atoms with Gasteiger partial charge in [0.15, 0.2) is 5.96 Å². The van der Waals surface area contributed by atoms with Crippen molar-refractivity contribution in [2.45, 2.75) is 19.3 Å². The molecular formula is C17H27FIN3O. The Bertz CT molecular complexity index is 492. The third kappa shape index (κ3) is 7.03. The molecule has 1 aliphatic rings. The van der Waals surface area contributed by atoms with E-state index in [-0.39, 0.29) is 29.8 Å². The summed E-state index contributed by atoms with van der Waals surface area (Å²) in [5, 5.41) is 3.37. The molecule has 0 amide bonds. The van der Waals surface area contributed by atoms with E-state index in [1.807, 2.05) is 6.07 Å². The highest BCUT2D eigenvalue weighted by Crippen LogP contribution is 2.13. The van der Waals surface area contributed by atoms with Crippen LogP contribution in [-0.2, 0) is 11.2 Å². The van der Waals surface area contributed by atoms with Crippen LogP contribution in [0.2, 0.25) is 0 Å². The normalized spacial score (nSPS) is 17.7. The predicted octanol–water partition coefficient (Wildman–Crippen LogP) is 2.92. The molecule has 0 aromatic heterocycles. The Balaban J connectivity index is 0.00000264. The van der Waals surface area contributed by atoms with Gasteiger partial charge < -0.3 is 15.0 Å². The van der Waals surface area contributed by atoms with Crippen LogP contribution in [0.15, 0.2) is 29.3 Å². The van der Waals surface area contributed by atoms with Crippen LogP contribution < -0.4 is 5.32 Å². The van der Waals surface area contributed by atoms with Gasteiger partial charge in [-0.05, 0) is 37.0 Å². The molecule has 1 aromatic rings. The molecule has 6 heteroatoms. The van der Waals surface area contributed by atoms with E-state index in [1.165, 1.54) is 6.07 Å². The van der Waals surface area contributed by atoms with Gasteiger partial charge in [0.2, 0.25) is 0 Å². The van der Waals surface area contributed by atoms with Gasteiger partial charge in [0.25, 0.3) is 0 Å². The van der Waals surface area contributed by atoms with Crippen molar-refractivity contribution < 1.29 is 9.13 Å². The molecule has 1 N–H and O–H groups in total. The van der Waals surface area contributed by atoms with Crippen LogP contribution >= 0.6 is 24.0 Å². The van der Waals surface area contributed by atoms with Crippen LogP contribution in [0.1, 0.15) is 18.4 Å². The van der Waals surface area contributed by atoms with Crippen molar-refractivity contribution in [1.82, 2.24) is 10.2 Å². The van der Waals surface area contributed by atoms with Crippen molar-refractivity contribution >= 4 is 29.9 Å². The molecule has 130 valence electrons. The molecule has 1 aromatic carbocycles. The minimum absolute atomic E-state index is 0. The first-order valence-corrected chi connectivity index (χ1v) is 7.93. The van der Waals surface area contributed by atoms with Crippen molar-refractivity contribution in [2.24, 2.45) is 10.9 Å². The average molecular weight is 435 g/mol. The van der Waals surface area contributed by atoms with Crippen molar-refractivity contribution in [3.63, 3.8) is 0 Å². The summed E-state index contributed by atoms with van der Waals surface area (Å²) >= 11 is 0. The second-order valence-electron chi connectivity index (χ2n) is 5.82. The molecule has 1 unspecified atom stereocenters. The molecule has 0 bridgehead atoms. The van der Waals surface area contributed by atoms with Crippen LogP contribution in [0.25, 0.3) is 0 Å². The number of halogens is 2. The highest BCUT2D eigenvalue weighted by molar-refractivity contribution is 14.0. The summed E-state index contributed by atoms with van der Waals surface area (Å²) < 4.78 is 18.5. The van der Waals surface area contributed by atoms with Gasteiger partial charge in [0.1, 0.15) is 5.82 Å². The zero-order valence-corrected chi connectivity index (χ0v) is 16.3. The molecule has 1 fully saturated rings. The summed E-state index contributed by atoms with van der Waals surface area (Å²) in [5.41, 5.74) is 1.04. The highest BCUT2D eigenvalue weighted by atomic mass is 127. The molecule has 0 saturated carbocycles. The number of nitrogens with zero attached hydrogens (tertiary/aromatic N) is 2. The Labute approximate surface area is 155 Å². The Morgan fingerprint density at radius 2 is 2.30 bits per heavy atom. The molecule has 1 atom stereocenters. The summed E-state index contributed by atoms with van der Waals surface area (Å²) in [4.78, 5) is 6.47. The maximum absolute atomic E-state index is 13.1. The summed E-state index contributed by atoms with van der Waals surface area (Å²) in [6.07, 6.45) is 2.94. The first-order valence-electron chi connectivity index (χ1n) is 7.93. The summed E-state index contributed by atoms with van der Waals surface area (Å²) in [7, 11) is 3.86. The Morgan fingerprint density at radius 3 is 2.96 bits per heavy atom. The maximum atomic E-state index is 13.1.